The molecule has 0 heterocycles. The molecule has 0 saturated heterocycles. The maximum absolute atomic E-state index is 3.83. The van der Waals surface area contributed by atoms with Crippen LogP contribution >= 0.6 is 0 Å². The summed E-state index contributed by atoms with van der Waals surface area (Å²) in [5.74, 6) is 0.900. The van der Waals surface area contributed by atoms with E-state index in [-0.39, 0.29) is 0 Å². The summed E-state index contributed by atoms with van der Waals surface area (Å²) in [6.07, 6.45) is 9.63. The van der Waals surface area contributed by atoms with Gasteiger partial charge in [-0.15, -0.1) is 0 Å². The average Bonchev–Trinajstić information content (AvgIpc) is 3.09. The zero-order valence-electron chi connectivity index (χ0n) is 12.4. The fourth-order valence-corrected chi connectivity index (χ4v) is 3.95. The third-order valence-corrected chi connectivity index (χ3v) is 5.24. The molecule has 0 bridgehead atoms. The maximum Gasteiger partial charge on any atom is 0.0294 e. The number of nitrogens with one attached hydrogen (secondary N) is 1. The molecule has 1 unspecified atom stereocenters. The number of rotatable bonds is 4. The number of hydrogen-bond donors (Lipinski definition) is 1. The Morgan fingerprint density at radius 2 is 1.74 bits per heavy atom. The molecule has 0 spiro atoms. The Kier molecular flexibility index (Phi) is 3.93. The van der Waals surface area contributed by atoms with Crippen LogP contribution in [0.25, 0.3) is 0 Å². The van der Waals surface area contributed by atoms with Crippen LogP contribution < -0.4 is 5.32 Å². The van der Waals surface area contributed by atoms with E-state index in [2.05, 4.69) is 37.4 Å². The Bertz CT molecular complexity index is 431. The molecule has 2 atom stereocenters. The van der Waals surface area contributed by atoms with Gasteiger partial charge in [0.15, 0.2) is 0 Å². The Morgan fingerprint density at radius 1 is 1.00 bits per heavy atom. The Balaban J connectivity index is 1.64. The van der Waals surface area contributed by atoms with E-state index in [1.54, 1.807) is 11.1 Å². The maximum atomic E-state index is 3.83. The van der Waals surface area contributed by atoms with Crippen molar-refractivity contribution in [3.63, 3.8) is 0 Å². The van der Waals surface area contributed by atoms with Crippen molar-refractivity contribution >= 4 is 0 Å². The molecular weight excluding hydrogens is 230 g/mol. The van der Waals surface area contributed by atoms with Gasteiger partial charge in [0.2, 0.25) is 0 Å². The lowest BCUT2D eigenvalue weighted by Gasteiger charge is -2.25. The molecule has 0 radical (unpaired) electrons. The van der Waals surface area contributed by atoms with Gasteiger partial charge in [0.25, 0.3) is 0 Å². The third-order valence-electron chi connectivity index (χ3n) is 5.24. The van der Waals surface area contributed by atoms with Crippen LogP contribution in [0.4, 0.5) is 0 Å². The Hall–Kier alpha value is -0.820. The van der Waals surface area contributed by atoms with E-state index in [1.165, 1.54) is 50.5 Å². The fraction of sp³-hybridized carbons (Fsp3) is 0.667. The molecule has 104 valence electrons. The monoisotopic (exact) mass is 257 g/mol. The molecule has 1 saturated carbocycles. The first kappa shape index (κ1) is 13.2. The molecule has 0 amide bonds. The topological polar surface area (TPSA) is 12.0 Å². The molecular formula is C18H27N. The van der Waals surface area contributed by atoms with Gasteiger partial charge in [-0.2, -0.15) is 0 Å². The van der Waals surface area contributed by atoms with Crippen molar-refractivity contribution in [3.8, 4) is 0 Å². The lowest BCUT2D eigenvalue weighted by molar-refractivity contribution is 0.352. The minimum Gasteiger partial charge on any atom is -0.307 e. The summed E-state index contributed by atoms with van der Waals surface area (Å²) in [5, 5.41) is 3.83. The van der Waals surface area contributed by atoms with E-state index in [9.17, 15) is 0 Å². The van der Waals surface area contributed by atoms with Crippen molar-refractivity contribution in [2.75, 3.05) is 0 Å². The highest BCUT2D eigenvalue weighted by Crippen LogP contribution is 2.30. The molecule has 0 aliphatic heterocycles. The number of aryl methyl sites for hydroxylation is 2. The number of fused-ring (bicyclic) bond motifs is 1. The highest BCUT2D eigenvalue weighted by Gasteiger charge is 2.23. The quantitative estimate of drug-likeness (QED) is 0.842. The van der Waals surface area contributed by atoms with Gasteiger partial charge in [0, 0.05) is 12.1 Å². The lowest BCUT2D eigenvalue weighted by atomic mass is 9.97. The third kappa shape index (κ3) is 2.86. The Morgan fingerprint density at radius 3 is 2.53 bits per heavy atom. The summed E-state index contributed by atoms with van der Waals surface area (Å²) in [5.41, 5.74) is 4.66. The van der Waals surface area contributed by atoms with Crippen LogP contribution in [0.2, 0.25) is 0 Å². The van der Waals surface area contributed by atoms with Crippen molar-refractivity contribution in [2.45, 2.75) is 70.9 Å². The predicted molar refractivity (Wildman–Crippen MR) is 81.4 cm³/mol. The number of benzene rings is 1. The highest BCUT2D eigenvalue weighted by atomic mass is 14.9. The highest BCUT2D eigenvalue weighted by molar-refractivity contribution is 5.36. The molecule has 1 nitrogen and oxygen atoms in total. The fourth-order valence-electron chi connectivity index (χ4n) is 3.95. The number of hydrogen-bond acceptors (Lipinski definition) is 1. The van der Waals surface area contributed by atoms with Crippen LogP contribution in [0, 0.1) is 5.92 Å². The standard InChI is InChI=1S/C18H27N/c1-13(15-6-3-4-7-15)19-14(2)17-11-10-16-8-5-9-18(16)12-17/h10-15,19H,3-9H2,1-2H3/t13-,14?/m1/s1. The molecule has 1 aromatic rings. The van der Waals surface area contributed by atoms with Crippen molar-refractivity contribution in [2.24, 2.45) is 5.92 Å². The van der Waals surface area contributed by atoms with Crippen LogP contribution in [0.5, 0.6) is 0 Å². The van der Waals surface area contributed by atoms with E-state index in [4.69, 9.17) is 0 Å². The van der Waals surface area contributed by atoms with E-state index >= 15 is 0 Å². The first-order chi connectivity index (χ1) is 9.24. The van der Waals surface area contributed by atoms with Gasteiger partial charge < -0.3 is 5.32 Å². The summed E-state index contributed by atoms with van der Waals surface area (Å²) in [4.78, 5) is 0. The zero-order chi connectivity index (χ0) is 13.2. The molecule has 2 aliphatic carbocycles. The Labute approximate surface area is 117 Å². The molecule has 1 N–H and O–H groups in total. The molecule has 0 aromatic heterocycles. The van der Waals surface area contributed by atoms with Crippen molar-refractivity contribution in [1.82, 2.24) is 5.32 Å². The van der Waals surface area contributed by atoms with Crippen LogP contribution in [-0.4, -0.2) is 6.04 Å². The largest absolute Gasteiger partial charge is 0.307 e. The average molecular weight is 257 g/mol. The van der Waals surface area contributed by atoms with Crippen LogP contribution in [0.3, 0.4) is 0 Å². The van der Waals surface area contributed by atoms with Gasteiger partial charge >= 0.3 is 0 Å². The van der Waals surface area contributed by atoms with Gasteiger partial charge in [0.1, 0.15) is 0 Å². The predicted octanol–water partition coefficient (Wildman–Crippen LogP) is 4.40. The first-order valence-electron chi connectivity index (χ1n) is 8.12. The summed E-state index contributed by atoms with van der Waals surface area (Å²) in [6, 6.07) is 8.29. The second kappa shape index (κ2) is 5.66. The van der Waals surface area contributed by atoms with Crippen LogP contribution in [0.15, 0.2) is 18.2 Å². The second-order valence-electron chi connectivity index (χ2n) is 6.60. The van der Waals surface area contributed by atoms with Crippen LogP contribution in [0.1, 0.15) is 68.7 Å². The molecule has 19 heavy (non-hydrogen) atoms. The van der Waals surface area contributed by atoms with Gasteiger partial charge in [-0.1, -0.05) is 31.0 Å². The van der Waals surface area contributed by atoms with E-state index in [0.717, 1.165) is 5.92 Å². The normalized spacial score (nSPS) is 22.4. The summed E-state index contributed by atoms with van der Waals surface area (Å²) < 4.78 is 0. The molecule has 3 rings (SSSR count). The van der Waals surface area contributed by atoms with Gasteiger partial charge in [-0.25, -0.2) is 0 Å². The van der Waals surface area contributed by atoms with Crippen molar-refractivity contribution < 1.29 is 0 Å². The van der Waals surface area contributed by atoms with Crippen molar-refractivity contribution in [1.29, 1.82) is 0 Å². The van der Waals surface area contributed by atoms with Gasteiger partial charge in [-0.05, 0) is 68.6 Å². The van der Waals surface area contributed by atoms with Gasteiger partial charge in [-0.3, -0.25) is 0 Å². The first-order valence-corrected chi connectivity index (χ1v) is 8.12. The van der Waals surface area contributed by atoms with E-state index in [1.807, 2.05) is 0 Å². The smallest absolute Gasteiger partial charge is 0.0294 e. The van der Waals surface area contributed by atoms with E-state index in [0.29, 0.717) is 12.1 Å². The molecule has 1 heteroatoms. The summed E-state index contributed by atoms with van der Waals surface area (Å²) >= 11 is 0. The summed E-state index contributed by atoms with van der Waals surface area (Å²) in [7, 11) is 0. The van der Waals surface area contributed by atoms with Crippen LogP contribution in [-0.2, 0) is 12.8 Å². The van der Waals surface area contributed by atoms with Gasteiger partial charge in [0.05, 0.1) is 0 Å². The zero-order valence-corrected chi connectivity index (χ0v) is 12.4. The molecule has 2 aliphatic rings. The lowest BCUT2D eigenvalue weighted by Crippen LogP contribution is -2.34. The molecule has 1 aromatic carbocycles. The van der Waals surface area contributed by atoms with Crippen molar-refractivity contribution in [3.05, 3.63) is 34.9 Å². The molecule has 1 fully saturated rings. The summed E-state index contributed by atoms with van der Waals surface area (Å²) in [6.45, 7) is 4.70. The minimum atomic E-state index is 0.487. The van der Waals surface area contributed by atoms with E-state index < -0.39 is 0 Å². The SMILES string of the molecule is CC(N[C@H](C)C1CCCC1)c1ccc2c(c1)CCC2. The minimum absolute atomic E-state index is 0.487. The second-order valence-corrected chi connectivity index (χ2v) is 6.60.